The first kappa shape index (κ1) is 19.3. The van der Waals surface area contributed by atoms with Crippen molar-refractivity contribution in [2.45, 2.75) is 43.4 Å². The lowest BCUT2D eigenvalue weighted by Gasteiger charge is -2.24. The molecule has 1 atom stereocenters. The third-order valence-electron chi connectivity index (χ3n) is 5.12. The molecule has 26 heavy (non-hydrogen) atoms. The summed E-state index contributed by atoms with van der Waals surface area (Å²) in [6.45, 7) is 3.08. The molecule has 2 aliphatic rings. The van der Waals surface area contributed by atoms with Gasteiger partial charge in [0.15, 0.2) is 0 Å². The lowest BCUT2D eigenvalue weighted by molar-refractivity contribution is 0.0944. The minimum Gasteiger partial charge on any atom is -0.381 e. The number of carbonyl (C=O) groups is 1. The van der Waals surface area contributed by atoms with Gasteiger partial charge in [0.05, 0.1) is 11.5 Å². The Morgan fingerprint density at radius 3 is 2.58 bits per heavy atom. The summed E-state index contributed by atoms with van der Waals surface area (Å²) >= 11 is 0. The van der Waals surface area contributed by atoms with E-state index in [9.17, 15) is 13.2 Å². The highest BCUT2D eigenvalue weighted by molar-refractivity contribution is 7.89. The van der Waals surface area contributed by atoms with Crippen LogP contribution in [0.5, 0.6) is 0 Å². The van der Waals surface area contributed by atoms with Crippen LogP contribution in [-0.4, -0.2) is 51.5 Å². The number of rotatable bonds is 5. The fraction of sp³-hybridized carbons (Fsp3) is 0.632. The average Bonchev–Trinajstić information content (AvgIpc) is 3.13. The first-order valence-corrected chi connectivity index (χ1v) is 11.0. The largest absolute Gasteiger partial charge is 0.381 e. The number of ether oxygens (including phenoxy) is 1. The van der Waals surface area contributed by atoms with Crippen molar-refractivity contribution in [2.24, 2.45) is 5.92 Å². The molecule has 1 N–H and O–H groups in total. The van der Waals surface area contributed by atoms with Gasteiger partial charge >= 0.3 is 0 Å². The fourth-order valence-electron chi connectivity index (χ4n) is 3.49. The molecular formula is C19H28N2O4S. The zero-order chi connectivity index (χ0) is 18.4. The Labute approximate surface area is 156 Å². The SMILES string of the molecule is O=C(NC[C@@H]1CCOC1)c1cccc(S(=O)(=O)N2CCCCCCC2)c1. The predicted octanol–water partition coefficient (Wildman–Crippen LogP) is 2.41. The molecule has 2 saturated heterocycles. The van der Waals surface area contributed by atoms with E-state index in [4.69, 9.17) is 4.74 Å². The van der Waals surface area contributed by atoms with Crippen molar-refractivity contribution in [3.63, 3.8) is 0 Å². The van der Waals surface area contributed by atoms with E-state index in [2.05, 4.69) is 5.32 Å². The van der Waals surface area contributed by atoms with Gasteiger partial charge in [-0.1, -0.05) is 25.3 Å². The highest BCUT2D eigenvalue weighted by atomic mass is 32.2. The van der Waals surface area contributed by atoms with Crippen LogP contribution < -0.4 is 5.32 Å². The van der Waals surface area contributed by atoms with Crippen molar-refractivity contribution in [3.8, 4) is 0 Å². The molecule has 0 spiro atoms. The van der Waals surface area contributed by atoms with E-state index in [0.29, 0.717) is 37.7 Å². The first-order chi connectivity index (χ1) is 12.6. The summed E-state index contributed by atoms with van der Waals surface area (Å²) in [6, 6.07) is 6.38. The molecule has 0 radical (unpaired) electrons. The average molecular weight is 381 g/mol. The van der Waals surface area contributed by atoms with Crippen molar-refractivity contribution in [1.82, 2.24) is 9.62 Å². The third-order valence-corrected chi connectivity index (χ3v) is 7.02. The molecule has 1 aromatic rings. The van der Waals surface area contributed by atoms with E-state index in [1.807, 2.05) is 0 Å². The second-order valence-electron chi connectivity index (χ2n) is 7.14. The monoisotopic (exact) mass is 380 g/mol. The quantitative estimate of drug-likeness (QED) is 0.851. The molecule has 2 fully saturated rings. The van der Waals surface area contributed by atoms with Crippen LogP contribution in [0.15, 0.2) is 29.2 Å². The van der Waals surface area contributed by atoms with E-state index in [1.165, 1.54) is 12.5 Å². The van der Waals surface area contributed by atoms with Crippen LogP contribution in [-0.2, 0) is 14.8 Å². The van der Waals surface area contributed by atoms with Gasteiger partial charge in [-0.2, -0.15) is 4.31 Å². The highest BCUT2D eigenvalue weighted by Crippen LogP contribution is 2.21. The number of benzene rings is 1. The van der Waals surface area contributed by atoms with Crippen molar-refractivity contribution in [2.75, 3.05) is 32.8 Å². The molecule has 0 saturated carbocycles. The molecular weight excluding hydrogens is 352 g/mol. The minimum atomic E-state index is -3.55. The van der Waals surface area contributed by atoms with Crippen LogP contribution in [0, 0.1) is 5.92 Å². The maximum absolute atomic E-state index is 13.0. The standard InChI is InChI=1S/C19H28N2O4S/c22-19(20-14-16-9-12-25-15-16)17-7-6-8-18(13-17)26(23,24)21-10-4-2-1-3-5-11-21/h6-8,13,16H,1-5,9-12,14-15H2,(H,20,22)/t16-/m0/s1. The third kappa shape index (κ3) is 4.84. The minimum absolute atomic E-state index is 0.204. The van der Waals surface area contributed by atoms with Gasteiger partial charge in [0.1, 0.15) is 0 Å². The van der Waals surface area contributed by atoms with Gasteiger partial charge < -0.3 is 10.1 Å². The number of amides is 1. The second-order valence-corrected chi connectivity index (χ2v) is 9.08. The summed E-state index contributed by atoms with van der Waals surface area (Å²) in [4.78, 5) is 12.6. The van der Waals surface area contributed by atoms with Crippen molar-refractivity contribution in [3.05, 3.63) is 29.8 Å². The molecule has 0 unspecified atom stereocenters. The normalized spacial score (nSPS) is 22.5. The Hall–Kier alpha value is -1.44. The number of nitrogens with zero attached hydrogens (tertiary/aromatic N) is 1. The van der Waals surface area contributed by atoms with Crippen LogP contribution in [0.1, 0.15) is 48.9 Å². The van der Waals surface area contributed by atoms with Gasteiger partial charge in [-0.05, 0) is 37.5 Å². The number of sulfonamides is 1. The van der Waals surface area contributed by atoms with Gasteiger partial charge in [-0.3, -0.25) is 4.79 Å². The number of nitrogens with one attached hydrogen (secondary N) is 1. The van der Waals surface area contributed by atoms with Crippen LogP contribution in [0.2, 0.25) is 0 Å². The molecule has 1 aromatic carbocycles. The van der Waals surface area contributed by atoms with E-state index in [-0.39, 0.29) is 10.8 Å². The smallest absolute Gasteiger partial charge is 0.251 e. The topological polar surface area (TPSA) is 75.7 Å². The fourth-order valence-corrected chi connectivity index (χ4v) is 5.05. The zero-order valence-electron chi connectivity index (χ0n) is 15.2. The Kier molecular flexibility index (Phi) is 6.67. The molecule has 0 bridgehead atoms. The Balaban J connectivity index is 1.69. The second kappa shape index (κ2) is 8.97. The van der Waals surface area contributed by atoms with Crippen molar-refractivity contribution in [1.29, 1.82) is 0 Å². The van der Waals surface area contributed by atoms with Gasteiger partial charge in [-0.25, -0.2) is 8.42 Å². The molecule has 0 aromatic heterocycles. The van der Waals surface area contributed by atoms with Gasteiger partial charge in [0.2, 0.25) is 10.0 Å². The molecule has 6 nitrogen and oxygen atoms in total. The Morgan fingerprint density at radius 2 is 1.88 bits per heavy atom. The van der Waals surface area contributed by atoms with Gasteiger partial charge in [0, 0.05) is 37.7 Å². The van der Waals surface area contributed by atoms with E-state index < -0.39 is 10.0 Å². The van der Waals surface area contributed by atoms with E-state index >= 15 is 0 Å². The van der Waals surface area contributed by atoms with Crippen LogP contribution >= 0.6 is 0 Å². The predicted molar refractivity (Wildman–Crippen MR) is 99.5 cm³/mol. The summed E-state index contributed by atoms with van der Waals surface area (Å²) in [5, 5.41) is 2.89. The maximum Gasteiger partial charge on any atom is 0.251 e. The Morgan fingerprint density at radius 1 is 1.15 bits per heavy atom. The van der Waals surface area contributed by atoms with Crippen LogP contribution in [0.25, 0.3) is 0 Å². The summed E-state index contributed by atoms with van der Waals surface area (Å²) in [5.41, 5.74) is 0.386. The molecule has 1 amide bonds. The summed E-state index contributed by atoms with van der Waals surface area (Å²) in [7, 11) is -3.55. The molecule has 7 heteroatoms. The zero-order valence-corrected chi connectivity index (χ0v) is 16.0. The van der Waals surface area contributed by atoms with Crippen molar-refractivity contribution < 1.29 is 17.9 Å². The number of hydrogen-bond acceptors (Lipinski definition) is 4. The molecule has 2 aliphatic heterocycles. The summed E-state index contributed by atoms with van der Waals surface area (Å²) < 4.78 is 32.8. The molecule has 0 aliphatic carbocycles. The number of carbonyl (C=O) groups excluding carboxylic acids is 1. The first-order valence-electron chi connectivity index (χ1n) is 9.53. The van der Waals surface area contributed by atoms with Crippen LogP contribution in [0.4, 0.5) is 0 Å². The molecule has 2 heterocycles. The van der Waals surface area contributed by atoms with Crippen LogP contribution in [0.3, 0.4) is 0 Å². The maximum atomic E-state index is 13.0. The highest BCUT2D eigenvalue weighted by Gasteiger charge is 2.25. The number of hydrogen-bond donors (Lipinski definition) is 1. The molecule has 3 rings (SSSR count). The lowest BCUT2D eigenvalue weighted by Crippen LogP contribution is -2.34. The lowest BCUT2D eigenvalue weighted by atomic mass is 10.1. The Bertz CT molecular complexity index is 706. The van der Waals surface area contributed by atoms with E-state index in [0.717, 1.165) is 38.7 Å². The molecule has 144 valence electrons. The summed E-state index contributed by atoms with van der Waals surface area (Å²) in [6.07, 6.45) is 6.05. The van der Waals surface area contributed by atoms with E-state index in [1.54, 1.807) is 22.5 Å². The van der Waals surface area contributed by atoms with Gasteiger partial charge in [0.25, 0.3) is 5.91 Å². The van der Waals surface area contributed by atoms with Crippen molar-refractivity contribution >= 4 is 15.9 Å². The summed E-state index contributed by atoms with van der Waals surface area (Å²) in [5.74, 6) is 0.105. The van der Waals surface area contributed by atoms with Gasteiger partial charge in [-0.15, -0.1) is 0 Å².